The van der Waals surface area contributed by atoms with Crippen LogP contribution in [0.5, 0.6) is 0 Å². The summed E-state index contributed by atoms with van der Waals surface area (Å²) in [6.45, 7) is 10.4. The molecule has 0 fully saturated rings. The first-order valence-corrected chi connectivity index (χ1v) is 5.45. The summed E-state index contributed by atoms with van der Waals surface area (Å²) in [5.41, 5.74) is 1.52. The molecular weight excluding hydrogens is 188 g/mol. The highest BCUT2D eigenvalue weighted by Gasteiger charge is 2.22. The molecular formula is C12H20N2O. The molecule has 1 atom stereocenters. The lowest BCUT2D eigenvalue weighted by Crippen LogP contribution is -2.15. The lowest BCUT2D eigenvalue weighted by Gasteiger charge is -2.16. The van der Waals surface area contributed by atoms with Crippen LogP contribution in [0.1, 0.15) is 63.1 Å². The standard InChI is InChI=1S/C12H20N2O/c1-6-9(2)14-7-10(8-15)11(13-14)12(3,4)5/h7-9H,6H2,1-5H3/t9-/m1/s1. The molecule has 0 saturated carbocycles. The molecule has 15 heavy (non-hydrogen) atoms. The van der Waals surface area contributed by atoms with E-state index in [0.717, 1.165) is 18.4 Å². The van der Waals surface area contributed by atoms with Crippen molar-refractivity contribution in [3.8, 4) is 0 Å². The van der Waals surface area contributed by atoms with Crippen molar-refractivity contribution >= 4 is 6.29 Å². The highest BCUT2D eigenvalue weighted by molar-refractivity contribution is 5.76. The fourth-order valence-corrected chi connectivity index (χ4v) is 1.49. The smallest absolute Gasteiger partial charge is 0.153 e. The summed E-state index contributed by atoms with van der Waals surface area (Å²) in [4.78, 5) is 10.9. The summed E-state index contributed by atoms with van der Waals surface area (Å²) in [6.07, 6.45) is 3.76. The number of hydrogen-bond acceptors (Lipinski definition) is 2. The molecule has 0 saturated heterocycles. The van der Waals surface area contributed by atoms with Crippen molar-refractivity contribution in [3.63, 3.8) is 0 Å². The van der Waals surface area contributed by atoms with Crippen molar-refractivity contribution in [2.45, 2.75) is 52.5 Å². The maximum Gasteiger partial charge on any atom is 0.153 e. The average molecular weight is 208 g/mol. The summed E-state index contributed by atoms with van der Waals surface area (Å²) in [5, 5.41) is 4.51. The Morgan fingerprint density at radius 2 is 2.13 bits per heavy atom. The molecule has 3 nitrogen and oxygen atoms in total. The van der Waals surface area contributed by atoms with E-state index in [1.807, 2.05) is 10.9 Å². The second kappa shape index (κ2) is 4.17. The minimum absolute atomic E-state index is 0.0744. The predicted octanol–water partition coefficient (Wildman–Crippen LogP) is 2.96. The second-order valence-corrected chi connectivity index (χ2v) is 5.04. The third-order valence-electron chi connectivity index (χ3n) is 2.64. The molecule has 1 aromatic heterocycles. The van der Waals surface area contributed by atoms with Gasteiger partial charge in [0.1, 0.15) is 0 Å². The van der Waals surface area contributed by atoms with Crippen LogP contribution in [0.15, 0.2) is 6.20 Å². The molecule has 1 aromatic rings. The Morgan fingerprint density at radius 3 is 2.47 bits per heavy atom. The largest absolute Gasteiger partial charge is 0.298 e. The molecule has 0 amide bonds. The second-order valence-electron chi connectivity index (χ2n) is 5.04. The molecule has 0 aliphatic heterocycles. The summed E-state index contributed by atoms with van der Waals surface area (Å²) >= 11 is 0. The van der Waals surface area contributed by atoms with Gasteiger partial charge in [0.05, 0.1) is 11.3 Å². The molecule has 0 N–H and O–H groups in total. The van der Waals surface area contributed by atoms with Crippen LogP contribution in [-0.4, -0.2) is 16.1 Å². The molecule has 0 bridgehead atoms. The molecule has 0 aromatic carbocycles. The van der Waals surface area contributed by atoms with Crippen LogP contribution < -0.4 is 0 Å². The first-order chi connectivity index (χ1) is 6.90. The van der Waals surface area contributed by atoms with Crippen LogP contribution in [0.4, 0.5) is 0 Å². The van der Waals surface area contributed by atoms with Gasteiger partial charge in [-0.3, -0.25) is 9.48 Å². The maximum atomic E-state index is 10.9. The van der Waals surface area contributed by atoms with E-state index in [4.69, 9.17) is 0 Å². The van der Waals surface area contributed by atoms with Gasteiger partial charge in [-0.15, -0.1) is 0 Å². The first kappa shape index (κ1) is 12.0. The predicted molar refractivity (Wildman–Crippen MR) is 61.3 cm³/mol. The Balaban J connectivity index is 3.17. The topological polar surface area (TPSA) is 34.9 Å². The summed E-state index contributed by atoms with van der Waals surface area (Å²) in [7, 11) is 0. The Kier molecular flexibility index (Phi) is 3.32. The van der Waals surface area contributed by atoms with Gasteiger partial charge in [0.25, 0.3) is 0 Å². The SMILES string of the molecule is CC[C@@H](C)n1cc(C=O)c(C(C)(C)C)n1. The Bertz CT molecular complexity index is 347. The molecule has 0 radical (unpaired) electrons. The third-order valence-corrected chi connectivity index (χ3v) is 2.64. The summed E-state index contributed by atoms with van der Waals surface area (Å²) < 4.78 is 1.89. The lowest BCUT2D eigenvalue weighted by atomic mass is 9.90. The van der Waals surface area contributed by atoms with Gasteiger partial charge in [-0.1, -0.05) is 27.7 Å². The highest BCUT2D eigenvalue weighted by atomic mass is 16.1. The van der Waals surface area contributed by atoms with Crippen LogP contribution >= 0.6 is 0 Å². The van der Waals surface area contributed by atoms with Crippen LogP contribution in [0.25, 0.3) is 0 Å². The fourth-order valence-electron chi connectivity index (χ4n) is 1.49. The number of nitrogens with zero attached hydrogens (tertiary/aromatic N) is 2. The van der Waals surface area contributed by atoms with Gasteiger partial charge in [0, 0.05) is 17.7 Å². The Morgan fingerprint density at radius 1 is 1.53 bits per heavy atom. The van der Waals surface area contributed by atoms with E-state index in [1.54, 1.807) is 0 Å². The van der Waals surface area contributed by atoms with Crippen molar-refractivity contribution in [2.24, 2.45) is 0 Å². The van der Waals surface area contributed by atoms with Gasteiger partial charge in [0.2, 0.25) is 0 Å². The highest BCUT2D eigenvalue weighted by Crippen LogP contribution is 2.24. The third kappa shape index (κ3) is 2.46. The van der Waals surface area contributed by atoms with E-state index >= 15 is 0 Å². The van der Waals surface area contributed by atoms with E-state index in [-0.39, 0.29) is 5.41 Å². The number of aromatic nitrogens is 2. The number of hydrogen-bond donors (Lipinski definition) is 0. The van der Waals surface area contributed by atoms with E-state index < -0.39 is 0 Å². The number of carbonyl (C=O) groups is 1. The van der Waals surface area contributed by atoms with Crippen molar-refractivity contribution in [3.05, 3.63) is 17.5 Å². The van der Waals surface area contributed by atoms with Crippen molar-refractivity contribution in [1.82, 2.24) is 9.78 Å². The molecule has 84 valence electrons. The van der Waals surface area contributed by atoms with Gasteiger partial charge >= 0.3 is 0 Å². The first-order valence-electron chi connectivity index (χ1n) is 5.45. The minimum Gasteiger partial charge on any atom is -0.298 e. The zero-order chi connectivity index (χ0) is 11.6. The van der Waals surface area contributed by atoms with E-state index in [0.29, 0.717) is 11.6 Å². The van der Waals surface area contributed by atoms with Gasteiger partial charge < -0.3 is 0 Å². The molecule has 1 rings (SSSR count). The Labute approximate surface area is 91.5 Å². The average Bonchev–Trinajstić information content (AvgIpc) is 2.59. The van der Waals surface area contributed by atoms with Crippen LogP contribution in [0.2, 0.25) is 0 Å². The van der Waals surface area contributed by atoms with Crippen molar-refractivity contribution in [2.75, 3.05) is 0 Å². The zero-order valence-corrected chi connectivity index (χ0v) is 10.2. The number of aldehydes is 1. The van der Waals surface area contributed by atoms with Crippen LogP contribution in [0, 0.1) is 0 Å². The van der Waals surface area contributed by atoms with Gasteiger partial charge in [-0.05, 0) is 13.3 Å². The van der Waals surface area contributed by atoms with E-state index in [1.165, 1.54) is 0 Å². The van der Waals surface area contributed by atoms with Gasteiger partial charge in [-0.2, -0.15) is 5.10 Å². The maximum absolute atomic E-state index is 10.9. The van der Waals surface area contributed by atoms with Crippen LogP contribution in [0.3, 0.4) is 0 Å². The number of carbonyl (C=O) groups excluding carboxylic acids is 1. The molecule has 1 heterocycles. The summed E-state index contributed by atoms with van der Waals surface area (Å²) in [6, 6.07) is 0.347. The quantitative estimate of drug-likeness (QED) is 0.716. The molecule has 3 heteroatoms. The van der Waals surface area contributed by atoms with Gasteiger partial charge in [-0.25, -0.2) is 0 Å². The van der Waals surface area contributed by atoms with E-state index in [2.05, 4.69) is 39.7 Å². The monoisotopic (exact) mass is 208 g/mol. The van der Waals surface area contributed by atoms with Gasteiger partial charge in [0.15, 0.2) is 6.29 Å². The van der Waals surface area contributed by atoms with Crippen molar-refractivity contribution < 1.29 is 4.79 Å². The fraction of sp³-hybridized carbons (Fsp3) is 0.667. The normalized spacial score (nSPS) is 13.9. The molecule has 0 aliphatic carbocycles. The number of rotatable bonds is 3. The molecule has 0 aliphatic rings. The zero-order valence-electron chi connectivity index (χ0n) is 10.2. The molecule has 0 unspecified atom stereocenters. The Hall–Kier alpha value is -1.12. The lowest BCUT2D eigenvalue weighted by molar-refractivity contribution is 0.112. The molecule has 0 spiro atoms. The minimum atomic E-state index is -0.0744. The summed E-state index contributed by atoms with van der Waals surface area (Å²) in [5.74, 6) is 0. The van der Waals surface area contributed by atoms with Crippen molar-refractivity contribution in [1.29, 1.82) is 0 Å². The van der Waals surface area contributed by atoms with Crippen LogP contribution in [-0.2, 0) is 5.41 Å². The van der Waals surface area contributed by atoms with E-state index in [9.17, 15) is 4.79 Å².